The molecule has 2 amide bonds. The van der Waals surface area contributed by atoms with Crippen LogP contribution in [0.5, 0.6) is 5.75 Å². The number of anilines is 1. The van der Waals surface area contributed by atoms with Gasteiger partial charge in [0.25, 0.3) is 11.8 Å². The molecule has 2 bridgehead atoms. The van der Waals surface area contributed by atoms with Gasteiger partial charge in [-0.05, 0) is 105 Å². The van der Waals surface area contributed by atoms with E-state index in [2.05, 4.69) is 37.3 Å². The molecule has 256 valence electrons. The third-order valence-corrected chi connectivity index (χ3v) is 11.7. The van der Waals surface area contributed by atoms with Crippen LogP contribution in [0.4, 0.5) is 5.69 Å². The molecule has 0 saturated heterocycles. The van der Waals surface area contributed by atoms with Gasteiger partial charge in [-0.1, -0.05) is 29.8 Å². The Morgan fingerprint density at radius 1 is 1.15 bits per heavy atom. The number of halogens is 1. The fourth-order valence-electron chi connectivity index (χ4n) is 6.78. The van der Waals surface area contributed by atoms with E-state index < -0.39 is 21.7 Å². The van der Waals surface area contributed by atoms with Crippen molar-refractivity contribution in [2.45, 2.75) is 71.1 Å². The molecule has 48 heavy (non-hydrogen) atoms. The van der Waals surface area contributed by atoms with E-state index in [9.17, 15) is 13.8 Å². The molecule has 0 spiro atoms. The molecule has 1 fully saturated rings. The number of nitrogens with zero attached hydrogens (tertiary/aromatic N) is 4. The van der Waals surface area contributed by atoms with Gasteiger partial charge in [0.1, 0.15) is 15.7 Å². The minimum absolute atomic E-state index is 0.0138. The second kappa shape index (κ2) is 15.3. The normalized spacial score (nSPS) is 25.6. The standard InChI is InChI=1S/C36H44ClN5O5S/c1-3-42-24-29(21-38-42)36(44)40-48(45)18-8-4-5-10-33(46-2)31-15-12-28(31)23-41-22-27-11-14-30(37)19-25(27)9-6-7-17-47-34-16-13-26(20-32(34)41)35(43)39-48/h5,10-11,13-14,16,19-21,24,28,31,33H,3-4,6-9,12,15,17-18,22-23H2,1-2H3,(H,39,40,43,44,45)/b10-5+/t28-,31+,33-,48?/m0/s1. The van der Waals surface area contributed by atoms with Crippen LogP contribution >= 0.6 is 11.6 Å². The van der Waals surface area contributed by atoms with Gasteiger partial charge in [-0.2, -0.15) is 5.10 Å². The van der Waals surface area contributed by atoms with E-state index in [0.29, 0.717) is 55.1 Å². The lowest BCUT2D eigenvalue weighted by Gasteiger charge is -2.43. The first-order chi connectivity index (χ1) is 23.2. The summed E-state index contributed by atoms with van der Waals surface area (Å²) in [4.78, 5) is 29.3. The second-order valence-electron chi connectivity index (χ2n) is 12.8. The molecule has 1 aromatic heterocycles. The zero-order valence-corrected chi connectivity index (χ0v) is 29.2. The van der Waals surface area contributed by atoms with E-state index in [1.807, 2.05) is 25.1 Å². The maximum atomic E-state index is 14.3. The number of carbonyl (C=O) groups is 2. The van der Waals surface area contributed by atoms with Crippen LogP contribution in [0.1, 0.15) is 77.3 Å². The van der Waals surface area contributed by atoms with Crippen molar-refractivity contribution in [2.75, 3.05) is 30.9 Å². The van der Waals surface area contributed by atoms with E-state index in [1.54, 1.807) is 30.1 Å². The summed E-state index contributed by atoms with van der Waals surface area (Å²) < 4.78 is 35.0. The Balaban J connectivity index is 1.43. The summed E-state index contributed by atoms with van der Waals surface area (Å²) in [6.07, 6.45) is 13.0. The van der Waals surface area contributed by atoms with Crippen molar-refractivity contribution in [2.24, 2.45) is 16.2 Å². The second-order valence-corrected chi connectivity index (χ2v) is 15.3. The van der Waals surface area contributed by atoms with Crippen LogP contribution < -0.4 is 14.4 Å². The van der Waals surface area contributed by atoms with Crippen LogP contribution in [0, 0.1) is 11.8 Å². The third kappa shape index (κ3) is 7.96. The fourth-order valence-corrected chi connectivity index (χ4v) is 8.55. The highest BCUT2D eigenvalue weighted by Crippen LogP contribution is 2.42. The Morgan fingerprint density at radius 2 is 2.02 bits per heavy atom. The molecular weight excluding hydrogens is 650 g/mol. The number of ether oxygens (including phenoxy) is 2. The summed E-state index contributed by atoms with van der Waals surface area (Å²) in [5.74, 6) is 0.162. The molecule has 3 aliphatic rings. The summed E-state index contributed by atoms with van der Waals surface area (Å²) in [6.45, 7) is 4.37. The zero-order chi connectivity index (χ0) is 33.7. The van der Waals surface area contributed by atoms with Crippen molar-refractivity contribution < 1.29 is 23.3 Å². The van der Waals surface area contributed by atoms with E-state index in [-0.39, 0.29) is 23.0 Å². The van der Waals surface area contributed by atoms with Gasteiger partial charge in [0, 0.05) is 43.5 Å². The van der Waals surface area contributed by atoms with E-state index in [4.69, 9.17) is 21.1 Å². The van der Waals surface area contributed by atoms with Gasteiger partial charge in [-0.25, -0.2) is 4.21 Å². The van der Waals surface area contributed by atoms with Gasteiger partial charge < -0.3 is 14.4 Å². The molecule has 1 N–H and O–H groups in total. The SMILES string of the molecule is CCn1cc(C(=O)NS2(=O)=NC(=O)c3ccc4c(c3)N(Cc3ccc(Cl)cc3CCCCO4)C[C@@H]3CC[C@H]3[C@@H](OC)/C=C/CCC2)cn1. The van der Waals surface area contributed by atoms with Gasteiger partial charge in [-0.15, -0.1) is 4.36 Å². The molecule has 6 rings (SSSR count). The molecule has 2 aliphatic heterocycles. The maximum absolute atomic E-state index is 14.3. The minimum atomic E-state index is -3.48. The van der Waals surface area contributed by atoms with Gasteiger partial charge >= 0.3 is 0 Å². The Bertz CT molecular complexity index is 1800. The van der Waals surface area contributed by atoms with Crippen LogP contribution in [0.25, 0.3) is 0 Å². The maximum Gasteiger partial charge on any atom is 0.286 e. The molecule has 1 unspecified atom stereocenters. The average Bonchev–Trinajstić information content (AvgIpc) is 3.54. The number of aromatic nitrogens is 2. The topological polar surface area (TPSA) is 115 Å². The van der Waals surface area contributed by atoms with Gasteiger partial charge in [-0.3, -0.25) is 19.0 Å². The average molecular weight is 694 g/mol. The molecule has 2 aromatic carbocycles. The van der Waals surface area contributed by atoms with Gasteiger partial charge in [0.2, 0.25) is 0 Å². The minimum Gasteiger partial charge on any atom is -0.491 e. The molecule has 1 aliphatic carbocycles. The smallest absolute Gasteiger partial charge is 0.286 e. The van der Waals surface area contributed by atoms with Crippen molar-refractivity contribution in [1.82, 2.24) is 14.5 Å². The molecule has 3 aromatic rings. The first-order valence-electron chi connectivity index (χ1n) is 16.9. The van der Waals surface area contributed by atoms with Crippen LogP contribution in [0.15, 0.2) is 65.3 Å². The van der Waals surface area contributed by atoms with Crippen molar-refractivity contribution in [3.05, 3.63) is 88.2 Å². The van der Waals surface area contributed by atoms with Crippen LogP contribution in [-0.2, 0) is 34.2 Å². The Morgan fingerprint density at radius 3 is 2.79 bits per heavy atom. The number of nitrogens with one attached hydrogen (secondary N) is 1. The van der Waals surface area contributed by atoms with Crippen LogP contribution in [0.2, 0.25) is 5.02 Å². The number of benzene rings is 2. The number of aryl methyl sites for hydroxylation is 2. The Labute approximate surface area is 288 Å². The summed E-state index contributed by atoms with van der Waals surface area (Å²) >= 11 is 6.45. The molecule has 0 radical (unpaired) electrons. The molecule has 3 heterocycles. The number of fused-ring (bicyclic) bond motifs is 3. The molecule has 4 atom stereocenters. The van der Waals surface area contributed by atoms with Gasteiger partial charge in [0.05, 0.1) is 35.9 Å². The predicted octanol–water partition coefficient (Wildman–Crippen LogP) is 6.62. The lowest BCUT2D eigenvalue weighted by atomic mass is 9.70. The van der Waals surface area contributed by atoms with Crippen molar-refractivity contribution in [3.63, 3.8) is 0 Å². The summed E-state index contributed by atoms with van der Waals surface area (Å²) in [5.41, 5.74) is 3.71. The third-order valence-electron chi connectivity index (χ3n) is 9.62. The number of hydrogen-bond donors (Lipinski definition) is 1. The number of hydrogen-bond acceptors (Lipinski definition) is 7. The number of rotatable bonds is 4. The fraction of sp³-hybridized carbons (Fsp3) is 0.472. The van der Waals surface area contributed by atoms with Crippen LogP contribution in [0.3, 0.4) is 0 Å². The van der Waals surface area contributed by atoms with Gasteiger partial charge in [0.15, 0.2) is 0 Å². The number of allylic oxidation sites excluding steroid dienone is 1. The first-order valence-corrected chi connectivity index (χ1v) is 18.9. The molecular formula is C36H44ClN5O5S. The summed E-state index contributed by atoms with van der Waals surface area (Å²) in [5, 5.41) is 4.87. The Kier molecular flexibility index (Phi) is 10.9. The summed E-state index contributed by atoms with van der Waals surface area (Å²) in [6, 6.07) is 11.4. The highest BCUT2D eigenvalue weighted by Gasteiger charge is 2.38. The highest BCUT2D eigenvalue weighted by molar-refractivity contribution is 7.92. The molecule has 10 nitrogen and oxygen atoms in total. The predicted molar refractivity (Wildman–Crippen MR) is 188 cm³/mol. The lowest BCUT2D eigenvalue weighted by Crippen LogP contribution is -2.43. The van der Waals surface area contributed by atoms with Crippen molar-refractivity contribution in [1.29, 1.82) is 0 Å². The first kappa shape index (κ1) is 34.2. The Hall–Kier alpha value is -3.67. The lowest BCUT2D eigenvalue weighted by molar-refractivity contribution is 0.0134. The monoisotopic (exact) mass is 693 g/mol. The highest BCUT2D eigenvalue weighted by atomic mass is 35.5. The van der Waals surface area contributed by atoms with Crippen LogP contribution in [-0.4, -0.2) is 57.9 Å². The van der Waals surface area contributed by atoms with E-state index in [1.165, 1.54) is 17.3 Å². The molecule has 1 saturated carbocycles. The molecule has 12 heteroatoms. The largest absolute Gasteiger partial charge is 0.491 e. The number of methoxy groups -OCH3 is 1. The number of amides is 2. The van der Waals surface area contributed by atoms with E-state index in [0.717, 1.165) is 44.3 Å². The van der Waals surface area contributed by atoms with Crippen molar-refractivity contribution >= 4 is 39.0 Å². The summed E-state index contributed by atoms with van der Waals surface area (Å²) in [7, 11) is -1.73. The van der Waals surface area contributed by atoms with E-state index >= 15 is 0 Å². The van der Waals surface area contributed by atoms with Crippen molar-refractivity contribution in [3.8, 4) is 5.75 Å². The quantitative estimate of drug-likeness (QED) is 0.306. The zero-order valence-electron chi connectivity index (χ0n) is 27.6. The number of carbonyl (C=O) groups excluding carboxylic acids is 2.